The first-order valence-corrected chi connectivity index (χ1v) is 3.67. The van der Waals surface area contributed by atoms with Crippen LogP contribution < -0.4 is 0 Å². The summed E-state index contributed by atoms with van der Waals surface area (Å²) in [7, 11) is 0. The zero-order chi connectivity index (χ0) is 7.40. The van der Waals surface area contributed by atoms with E-state index in [-0.39, 0.29) is 5.25 Å². The zero-order valence-corrected chi connectivity index (χ0v) is 6.26. The Morgan fingerprint density at radius 2 is 2.70 bits per heavy atom. The largest absolute Gasteiger partial charge is 0.364 e. The summed E-state index contributed by atoms with van der Waals surface area (Å²) in [5.74, 6) is 0. The van der Waals surface area contributed by atoms with Crippen LogP contribution in [0.2, 0.25) is 0 Å². The second kappa shape index (κ2) is 3.28. The molecule has 1 atom stereocenters. The second-order valence-electron chi connectivity index (χ2n) is 1.78. The van der Waals surface area contributed by atoms with Gasteiger partial charge in [0, 0.05) is 6.07 Å². The van der Waals surface area contributed by atoms with Crippen molar-refractivity contribution in [1.82, 2.24) is 5.16 Å². The molecular weight excluding hydrogens is 148 g/mol. The molecule has 0 saturated heterocycles. The van der Waals surface area contributed by atoms with Crippen LogP contribution in [0.15, 0.2) is 16.9 Å². The average Bonchev–Trinajstić information content (AvgIpc) is 2.38. The Labute approximate surface area is 63.0 Å². The van der Waals surface area contributed by atoms with Crippen LogP contribution in [0.3, 0.4) is 0 Å². The summed E-state index contributed by atoms with van der Waals surface area (Å²) in [5, 5.41) is 14.1. The average molecular weight is 154 g/mol. The highest BCUT2D eigenvalue weighted by Crippen LogP contribution is 2.24. The molecule has 0 aliphatic heterocycles. The molecule has 52 valence electrons. The first-order valence-electron chi connectivity index (χ1n) is 2.79. The summed E-state index contributed by atoms with van der Waals surface area (Å²) in [6.07, 6.45) is 1.50. The Balaban J connectivity index is 2.61. The van der Waals surface area contributed by atoms with Gasteiger partial charge in [-0.2, -0.15) is 5.26 Å². The van der Waals surface area contributed by atoms with Crippen LogP contribution >= 0.6 is 11.8 Å². The van der Waals surface area contributed by atoms with Gasteiger partial charge < -0.3 is 4.52 Å². The number of rotatable bonds is 2. The molecular formula is C6H6N2OS. The highest BCUT2D eigenvalue weighted by Gasteiger charge is 2.07. The second-order valence-corrected chi connectivity index (χ2v) is 2.90. The van der Waals surface area contributed by atoms with Crippen molar-refractivity contribution in [3.63, 3.8) is 0 Å². The predicted octanol–water partition coefficient (Wildman–Crippen LogP) is 1.95. The van der Waals surface area contributed by atoms with Crippen molar-refractivity contribution >= 4 is 11.8 Å². The predicted molar refractivity (Wildman–Crippen MR) is 38.1 cm³/mol. The van der Waals surface area contributed by atoms with E-state index in [2.05, 4.69) is 9.68 Å². The number of nitrogens with zero attached hydrogens (tertiary/aromatic N) is 2. The summed E-state index contributed by atoms with van der Waals surface area (Å²) in [4.78, 5) is 0. The van der Waals surface area contributed by atoms with Crippen molar-refractivity contribution in [3.05, 3.63) is 18.0 Å². The number of hydrogen-bond donors (Lipinski definition) is 0. The standard InChI is InChI=1S/C6H6N2OS/c1-5(10-4-7)6-2-3-9-8-6/h2-3,5H,1H3/t5-/m1/s1. The molecule has 0 amide bonds. The van der Waals surface area contributed by atoms with Gasteiger partial charge in [-0.05, 0) is 18.7 Å². The Bertz CT molecular complexity index is 226. The van der Waals surface area contributed by atoms with Crippen molar-refractivity contribution < 1.29 is 4.52 Å². The molecule has 10 heavy (non-hydrogen) atoms. The fraction of sp³-hybridized carbons (Fsp3) is 0.333. The minimum Gasteiger partial charge on any atom is -0.364 e. The van der Waals surface area contributed by atoms with Gasteiger partial charge >= 0.3 is 0 Å². The van der Waals surface area contributed by atoms with Crippen molar-refractivity contribution in [3.8, 4) is 5.40 Å². The van der Waals surface area contributed by atoms with E-state index in [0.29, 0.717) is 0 Å². The summed E-state index contributed by atoms with van der Waals surface area (Å²) in [6.45, 7) is 1.91. The van der Waals surface area contributed by atoms with Crippen molar-refractivity contribution in [1.29, 1.82) is 5.26 Å². The van der Waals surface area contributed by atoms with Gasteiger partial charge in [0.1, 0.15) is 11.7 Å². The van der Waals surface area contributed by atoms with E-state index < -0.39 is 0 Å². The monoisotopic (exact) mass is 154 g/mol. The molecule has 0 fully saturated rings. The Hall–Kier alpha value is -0.950. The van der Waals surface area contributed by atoms with Crippen LogP contribution in [0.1, 0.15) is 17.9 Å². The minimum atomic E-state index is 0.101. The van der Waals surface area contributed by atoms with Gasteiger partial charge in [0.25, 0.3) is 0 Å². The SMILES string of the molecule is C[C@@H](SC#N)c1ccon1. The number of thiocyanates is 1. The first-order chi connectivity index (χ1) is 4.84. The quantitative estimate of drug-likeness (QED) is 0.611. The highest BCUT2D eigenvalue weighted by atomic mass is 32.2. The summed E-state index contributed by atoms with van der Waals surface area (Å²) >= 11 is 1.17. The van der Waals surface area contributed by atoms with Crippen molar-refractivity contribution in [2.24, 2.45) is 0 Å². The number of thioether (sulfide) groups is 1. The van der Waals surface area contributed by atoms with Crippen molar-refractivity contribution in [2.75, 3.05) is 0 Å². The summed E-state index contributed by atoms with van der Waals surface area (Å²) in [6, 6.07) is 1.76. The van der Waals surface area contributed by atoms with Crippen LogP contribution in [0.25, 0.3) is 0 Å². The molecule has 0 bridgehead atoms. The van der Waals surface area contributed by atoms with Gasteiger partial charge in [0.15, 0.2) is 0 Å². The van der Waals surface area contributed by atoms with Crippen LogP contribution in [0.5, 0.6) is 0 Å². The molecule has 0 aromatic carbocycles. The Morgan fingerprint density at radius 3 is 3.20 bits per heavy atom. The molecule has 1 aromatic heterocycles. The lowest BCUT2D eigenvalue weighted by atomic mass is 10.3. The van der Waals surface area contributed by atoms with Crippen molar-refractivity contribution in [2.45, 2.75) is 12.2 Å². The van der Waals surface area contributed by atoms with E-state index in [1.807, 2.05) is 12.3 Å². The van der Waals surface area contributed by atoms with E-state index in [1.165, 1.54) is 18.0 Å². The fourth-order valence-electron chi connectivity index (χ4n) is 0.571. The molecule has 0 aliphatic carbocycles. The molecule has 0 N–H and O–H groups in total. The Kier molecular flexibility index (Phi) is 2.35. The minimum absolute atomic E-state index is 0.101. The van der Waals surface area contributed by atoms with Crippen LogP contribution in [-0.2, 0) is 0 Å². The zero-order valence-electron chi connectivity index (χ0n) is 5.44. The molecule has 0 aliphatic rings. The van der Waals surface area contributed by atoms with E-state index >= 15 is 0 Å². The smallest absolute Gasteiger partial charge is 0.134 e. The van der Waals surface area contributed by atoms with E-state index in [1.54, 1.807) is 6.07 Å². The van der Waals surface area contributed by atoms with Crippen LogP contribution in [0, 0.1) is 10.7 Å². The first kappa shape index (κ1) is 7.16. The fourth-order valence-corrected chi connectivity index (χ4v) is 0.971. The highest BCUT2D eigenvalue weighted by molar-refractivity contribution is 8.03. The lowest BCUT2D eigenvalue weighted by Gasteiger charge is -1.96. The van der Waals surface area contributed by atoms with Gasteiger partial charge in [-0.25, -0.2) is 0 Å². The van der Waals surface area contributed by atoms with E-state index in [4.69, 9.17) is 5.26 Å². The molecule has 3 nitrogen and oxygen atoms in total. The van der Waals surface area contributed by atoms with Gasteiger partial charge in [0.05, 0.1) is 10.9 Å². The topological polar surface area (TPSA) is 49.8 Å². The molecule has 4 heteroatoms. The maximum Gasteiger partial charge on any atom is 0.134 e. The third-order valence-corrected chi connectivity index (χ3v) is 1.80. The molecule has 0 spiro atoms. The summed E-state index contributed by atoms with van der Waals surface area (Å²) in [5.41, 5.74) is 0.812. The third-order valence-electron chi connectivity index (χ3n) is 1.10. The lowest BCUT2D eigenvalue weighted by molar-refractivity contribution is 0.412. The maximum atomic E-state index is 8.29. The third kappa shape index (κ3) is 1.52. The lowest BCUT2D eigenvalue weighted by Crippen LogP contribution is -1.84. The van der Waals surface area contributed by atoms with Crippen LogP contribution in [-0.4, -0.2) is 5.16 Å². The molecule has 1 rings (SSSR count). The number of aromatic nitrogens is 1. The molecule has 0 saturated carbocycles. The van der Waals surface area contributed by atoms with Gasteiger partial charge in [0.2, 0.25) is 0 Å². The molecule has 0 radical (unpaired) electrons. The van der Waals surface area contributed by atoms with E-state index in [0.717, 1.165) is 5.69 Å². The van der Waals surface area contributed by atoms with Gasteiger partial charge in [-0.3, -0.25) is 0 Å². The molecule has 0 unspecified atom stereocenters. The molecule has 1 heterocycles. The van der Waals surface area contributed by atoms with Gasteiger partial charge in [-0.15, -0.1) is 0 Å². The summed E-state index contributed by atoms with van der Waals surface area (Å²) < 4.78 is 4.61. The number of hydrogen-bond acceptors (Lipinski definition) is 4. The van der Waals surface area contributed by atoms with E-state index in [9.17, 15) is 0 Å². The van der Waals surface area contributed by atoms with Gasteiger partial charge in [-0.1, -0.05) is 5.16 Å². The van der Waals surface area contributed by atoms with Crippen LogP contribution in [0.4, 0.5) is 0 Å². The molecule has 1 aromatic rings. The normalized spacial score (nSPS) is 12.4. The maximum absolute atomic E-state index is 8.29. The number of nitriles is 1. The Morgan fingerprint density at radius 1 is 1.90 bits per heavy atom.